The van der Waals surface area contributed by atoms with E-state index in [0.29, 0.717) is 19.2 Å². The van der Waals surface area contributed by atoms with Crippen LogP contribution in [0.3, 0.4) is 0 Å². The van der Waals surface area contributed by atoms with Crippen LogP contribution in [0.5, 0.6) is 0 Å². The zero-order chi connectivity index (χ0) is 14.4. The number of aromatic nitrogens is 1. The molecule has 0 saturated carbocycles. The third-order valence-corrected chi connectivity index (χ3v) is 4.12. The molecule has 0 spiro atoms. The fourth-order valence-corrected chi connectivity index (χ4v) is 3.05. The third-order valence-electron chi connectivity index (χ3n) is 3.30. The van der Waals surface area contributed by atoms with E-state index in [1.54, 1.807) is 16.2 Å². The molecule has 2 rings (SSSR count). The Morgan fingerprint density at radius 2 is 2.35 bits per heavy atom. The summed E-state index contributed by atoms with van der Waals surface area (Å²) in [5, 5.41) is 6.43. The molecule has 1 aliphatic heterocycles. The summed E-state index contributed by atoms with van der Waals surface area (Å²) < 4.78 is 5.01. The van der Waals surface area contributed by atoms with Gasteiger partial charge in [-0.1, -0.05) is 0 Å². The molecule has 0 aliphatic carbocycles. The number of rotatable bonds is 5. The van der Waals surface area contributed by atoms with Gasteiger partial charge in [-0.2, -0.15) is 0 Å². The van der Waals surface area contributed by atoms with Crippen molar-refractivity contribution in [3.63, 3.8) is 0 Å². The summed E-state index contributed by atoms with van der Waals surface area (Å²) in [4.78, 5) is 17.9. The number of anilines is 1. The largest absolute Gasteiger partial charge is 0.450 e. The Kier molecular flexibility index (Phi) is 5.60. The first-order chi connectivity index (χ1) is 9.72. The van der Waals surface area contributed by atoms with Gasteiger partial charge in [-0.05, 0) is 26.3 Å². The zero-order valence-electron chi connectivity index (χ0n) is 11.8. The molecule has 0 unspecified atom stereocenters. The van der Waals surface area contributed by atoms with Gasteiger partial charge in [0.15, 0.2) is 5.13 Å². The average molecular weight is 298 g/mol. The zero-order valence-corrected chi connectivity index (χ0v) is 12.6. The van der Waals surface area contributed by atoms with Gasteiger partial charge in [0, 0.05) is 30.9 Å². The first kappa shape index (κ1) is 15.1. The number of piperidine rings is 1. The number of hydrogen-bond acceptors (Lipinski definition) is 6. The molecule has 1 amide bonds. The van der Waals surface area contributed by atoms with Gasteiger partial charge < -0.3 is 20.7 Å². The quantitative estimate of drug-likeness (QED) is 0.864. The Bertz CT molecular complexity index is 430. The second-order valence-electron chi connectivity index (χ2n) is 4.79. The maximum Gasteiger partial charge on any atom is 0.409 e. The predicted octanol–water partition coefficient (Wildman–Crippen LogP) is 1.68. The van der Waals surface area contributed by atoms with Crippen LogP contribution in [0.4, 0.5) is 9.93 Å². The summed E-state index contributed by atoms with van der Waals surface area (Å²) >= 11 is 1.62. The molecule has 0 atom stereocenters. The van der Waals surface area contributed by atoms with Gasteiger partial charge in [-0.15, -0.1) is 11.3 Å². The van der Waals surface area contributed by atoms with Crippen LogP contribution >= 0.6 is 11.3 Å². The van der Waals surface area contributed by atoms with Crippen LogP contribution in [0.15, 0.2) is 5.38 Å². The molecule has 0 bridgehead atoms. The number of carbonyl (C=O) groups excluding carboxylic acids is 1. The minimum absolute atomic E-state index is 0.203. The van der Waals surface area contributed by atoms with Crippen LogP contribution in [0, 0.1) is 0 Å². The van der Waals surface area contributed by atoms with Crippen molar-refractivity contribution in [2.45, 2.75) is 32.2 Å². The number of carbonyl (C=O) groups is 1. The molecule has 1 aromatic heterocycles. The van der Waals surface area contributed by atoms with Crippen LogP contribution in [-0.4, -0.2) is 48.3 Å². The van der Waals surface area contributed by atoms with E-state index >= 15 is 0 Å². The summed E-state index contributed by atoms with van der Waals surface area (Å²) in [6.45, 7) is 4.35. The van der Waals surface area contributed by atoms with Crippen molar-refractivity contribution in [1.82, 2.24) is 9.88 Å². The summed E-state index contributed by atoms with van der Waals surface area (Å²) in [6, 6.07) is 0.373. The molecular formula is C13H22N4O2S. The fourth-order valence-electron chi connectivity index (χ4n) is 2.23. The van der Waals surface area contributed by atoms with E-state index in [1.165, 1.54) is 0 Å². The van der Waals surface area contributed by atoms with Gasteiger partial charge in [0.2, 0.25) is 0 Å². The number of likely N-dealkylation sites (tertiary alicyclic amines) is 1. The van der Waals surface area contributed by atoms with Crippen molar-refractivity contribution < 1.29 is 9.53 Å². The Morgan fingerprint density at radius 3 is 3.00 bits per heavy atom. The van der Waals surface area contributed by atoms with Gasteiger partial charge >= 0.3 is 6.09 Å². The second kappa shape index (κ2) is 7.44. The van der Waals surface area contributed by atoms with E-state index < -0.39 is 0 Å². The fraction of sp³-hybridized carbons (Fsp3) is 0.692. The second-order valence-corrected chi connectivity index (χ2v) is 5.65. The van der Waals surface area contributed by atoms with E-state index in [4.69, 9.17) is 10.5 Å². The van der Waals surface area contributed by atoms with Crippen LogP contribution in [0.25, 0.3) is 0 Å². The van der Waals surface area contributed by atoms with Crippen molar-refractivity contribution in [1.29, 1.82) is 0 Å². The summed E-state index contributed by atoms with van der Waals surface area (Å²) in [6.07, 6.45) is 2.46. The van der Waals surface area contributed by atoms with E-state index in [-0.39, 0.29) is 6.09 Å². The first-order valence-electron chi connectivity index (χ1n) is 7.05. The molecule has 112 valence electrons. The maximum absolute atomic E-state index is 11.6. The lowest BCUT2D eigenvalue weighted by Gasteiger charge is -2.31. The molecule has 1 aromatic rings. The molecule has 7 heteroatoms. The van der Waals surface area contributed by atoms with Gasteiger partial charge in [-0.25, -0.2) is 9.78 Å². The van der Waals surface area contributed by atoms with Crippen LogP contribution in [0.2, 0.25) is 0 Å². The summed E-state index contributed by atoms with van der Waals surface area (Å²) in [5.41, 5.74) is 6.56. The minimum atomic E-state index is -0.203. The molecule has 1 fully saturated rings. The highest BCUT2D eigenvalue weighted by Crippen LogP contribution is 2.20. The van der Waals surface area contributed by atoms with Crippen molar-refractivity contribution in [3.05, 3.63) is 11.1 Å². The van der Waals surface area contributed by atoms with Gasteiger partial charge in [-0.3, -0.25) is 0 Å². The lowest BCUT2D eigenvalue weighted by molar-refractivity contribution is 0.0983. The van der Waals surface area contributed by atoms with Gasteiger partial charge in [0.1, 0.15) is 0 Å². The highest BCUT2D eigenvalue weighted by atomic mass is 32.1. The number of ether oxygens (including phenoxy) is 1. The highest BCUT2D eigenvalue weighted by molar-refractivity contribution is 7.13. The lowest BCUT2D eigenvalue weighted by atomic mass is 10.1. The number of hydrogen-bond donors (Lipinski definition) is 2. The standard InChI is InChI=1S/C13H22N4O2S/c1-2-19-13(18)17-7-4-10(5-8-17)15-12-16-11(3-6-14)9-20-12/h9-10H,2-8,14H2,1H3,(H,15,16). The SMILES string of the molecule is CCOC(=O)N1CCC(Nc2nc(CCN)cs2)CC1. The summed E-state index contributed by atoms with van der Waals surface area (Å²) in [5.74, 6) is 0. The number of nitrogens with two attached hydrogens (primary N) is 1. The first-order valence-corrected chi connectivity index (χ1v) is 7.93. The number of nitrogens with zero attached hydrogens (tertiary/aromatic N) is 2. The number of nitrogens with one attached hydrogen (secondary N) is 1. The normalized spacial score (nSPS) is 16.2. The molecule has 1 saturated heterocycles. The smallest absolute Gasteiger partial charge is 0.409 e. The topological polar surface area (TPSA) is 80.5 Å². The van der Waals surface area contributed by atoms with Crippen LogP contribution in [0.1, 0.15) is 25.5 Å². The van der Waals surface area contributed by atoms with Crippen LogP contribution < -0.4 is 11.1 Å². The number of amides is 1. The molecule has 0 radical (unpaired) electrons. The van der Waals surface area contributed by atoms with E-state index in [0.717, 1.165) is 43.2 Å². The van der Waals surface area contributed by atoms with Crippen molar-refractivity contribution in [2.75, 3.05) is 31.6 Å². The van der Waals surface area contributed by atoms with Crippen LogP contribution in [-0.2, 0) is 11.2 Å². The van der Waals surface area contributed by atoms with Crippen molar-refractivity contribution >= 4 is 22.6 Å². The predicted molar refractivity (Wildman–Crippen MR) is 80.1 cm³/mol. The molecule has 20 heavy (non-hydrogen) atoms. The molecule has 1 aliphatic rings. The Balaban J connectivity index is 1.77. The van der Waals surface area contributed by atoms with E-state index in [1.807, 2.05) is 12.3 Å². The van der Waals surface area contributed by atoms with E-state index in [9.17, 15) is 4.79 Å². The average Bonchev–Trinajstić information content (AvgIpc) is 2.88. The Hall–Kier alpha value is -1.34. The Morgan fingerprint density at radius 1 is 1.60 bits per heavy atom. The molecule has 3 N–H and O–H groups in total. The minimum Gasteiger partial charge on any atom is -0.450 e. The maximum atomic E-state index is 11.6. The van der Waals surface area contributed by atoms with Gasteiger partial charge in [0.25, 0.3) is 0 Å². The van der Waals surface area contributed by atoms with E-state index in [2.05, 4.69) is 10.3 Å². The van der Waals surface area contributed by atoms with Gasteiger partial charge in [0.05, 0.1) is 12.3 Å². The monoisotopic (exact) mass is 298 g/mol. The summed E-state index contributed by atoms with van der Waals surface area (Å²) in [7, 11) is 0. The highest BCUT2D eigenvalue weighted by Gasteiger charge is 2.23. The van der Waals surface area contributed by atoms with Crippen molar-refractivity contribution in [2.24, 2.45) is 5.73 Å². The number of thiazole rings is 1. The Labute approximate surface area is 123 Å². The third kappa shape index (κ3) is 4.08. The molecule has 2 heterocycles. The van der Waals surface area contributed by atoms with Crippen molar-refractivity contribution in [3.8, 4) is 0 Å². The molecular weight excluding hydrogens is 276 g/mol. The molecule has 6 nitrogen and oxygen atoms in total. The lowest BCUT2D eigenvalue weighted by Crippen LogP contribution is -2.42. The molecule has 0 aromatic carbocycles.